The Hall–Kier alpha value is -2.86. The molecule has 0 aliphatic rings. The number of aromatic amines is 1. The first-order valence-corrected chi connectivity index (χ1v) is 8.75. The maximum absolute atomic E-state index is 12.0. The number of hydrogen-bond acceptors (Lipinski definition) is 4. The van der Waals surface area contributed by atoms with E-state index in [0.29, 0.717) is 5.75 Å². The van der Waals surface area contributed by atoms with Crippen LogP contribution in [0.4, 0.5) is 10.5 Å². The molecule has 0 atom stereocenters. The van der Waals surface area contributed by atoms with Crippen LogP contribution < -0.4 is 10.9 Å². The van der Waals surface area contributed by atoms with Crippen molar-refractivity contribution in [3.05, 3.63) is 82.1 Å². The van der Waals surface area contributed by atoms with Crippen molar-refractivity contribution in [3.63, 3.8) is 0 Å². The minimum atomic E-state index is -0.222. The molecule has 0 aliphatic heterocycles. The zero-order valence-corrected chi connectivity index (χ0v) is 14.5. The van der Waals surface area contributed by atoms with E-state index in [4.69, 9.17) is 0 Å². The van der Waals surface area contributed by atoms with Gasteiger partial charge in [0.05, 0.1) is 5.69 Å². The summed E-state index contributed by atoms with van der Waals surface area (Å²) < 4.78 is 0. The highest BCUT2D eigenvalue weighted by Gasteiger charge is 2.07. The minimum Gasteiger partial charge on any atom is -0.317 e. The maximum atomic E-state index is 12.0. The molecule has 1 aromatic heterocycles. The third-order valence-corrected chi connectivity index (χ3v) is 4.46. The first kappa shape index (κ1) is 17.0. The number of carbonyl (C=O) groups is 1. The van der Waals surface area contributed by atoms with Gasteiger partial charge in [0.25, 0.3) is 10.8 Å². The van der Waals surface area contributed by atoms with Crippen LogP contribution in [0, 0.1) is 6.92 Å². The molecule has 126 valence electrons. The van der Waals surface area contributed by atoms with Gasteiger partial charge in [-0.1, -0.05) is 54.2 Å². The van der Waals surface area contributed by atoms with Gasteiger partial charge in [-0.15, -0.1) is 0 Å². The highest BCUT2D eigenvalue weighted by atomic mass is 32.2. The van der Waals surface area contributed by atoms with Gasteiger partial charge in [0.2, 0.25) is 0 Å². The van der Waals surface area contributed by atoms with Gasteiger partial charge in [0, 0.05) is 23.1 Å². The Labute approximate surface area is 149 Å². The number of nitrogens with zero attached hydrogens (tertiary/aromatic N) is 1. The Balaban J connectivity index is 1.62. The van der Waals surface area contributed by atoms with E-state index in [1.807, 2.05) is 61.5 Å². The van der Waals surface area contributed by atoms with Crippen LogP contribution in [-0.4, -0.2) is 15.4 Å². The summed E-state index contributed by atoms with van der Waals surface area (Å²) in [5.74, 6) is 0.630. The van der Waals surface area contributed by atoms with E-state index in [9.17, 15) is 9.59 Å². The van der Waals surface area contributed by atoms with E-state index >= 15 is 0 Å². The summed E-state index contributed by atoms with van der Waals surface area (Å²) in [5, 5.41) is 9.27. The molecule has 1 heterocycles. The van der Waals surface area contributed by atoms with Crippen molar-refractivity contribution in [2.24, 2.45) is 0 Å². The SMILES string of the molecule is Cc1cc(=O)[nH]nc1-c1ccc(NC(=O)SCc2ccccc2)cc1. The molecule has 1 amide bonds. The van der Waals surface area contributed by atoms with Crippen molar-refractivity contribution in [1.29, 1.82) is 0 Å². The van der Waals surface area contributed by atoms with Crippen LogP contribution in [-0.2, 0) is 5.75 Å². The number of H-pyrrole nitrogens is 1. The number of thioether (sulfide) groups is 1. The average Bonchev–Trinajstić information content (AvgIpc) is 2.62. The number of aromatic nitrogens is 2. The molecule has 6 heteroatoms. The second kappa shape index (κ2) is 7.81. The van der Waals surface area contributed by atoms with E-state index in [0.717, 1.165) is 28.1 Å². The minimum absolute atomic E-state index is 0.102. The molecular weight excluding hydrogens is 334 g/mol. The van der Waals surface area contributed by atoms with Crippen LogP contribution in [0.3, 0.4) is 0 Å². The normalized spacial score (nSPS) is 10.4. The summed E-state index contributed by atoms with van der Waals surface area (Å²) in [5.41, 5.74) is 4.01. The first-order valence-electron chi connectivity index (χ1n) is 7.76. The summed E-state index contributed by atoms with van der Waals surface area (Å²) in [4.78, 5) is 23.3. The summed E-state index contributed by atoms with van der Waals surface area (Å²) in [6.45, 7) is 1.84. The van der Waals surface area contributed by atoms with Gasteiger partial charge in [-0.05, 0) is 30.2 Å². The second-order valence-electron chi connectivity index (χ2n) is 5.53. The molecule has 0 aliphatic carbocycles. The molecule has 0 bridgehead atoms. The van der Waals surface area contributed by atoms with E-state index in [-0.39, 0.29) is 10.8 Å². The lowest BCUT2D eigenvalue weighted by Crippen LogP contribution is -2.08. The molecule has 0 saturated heterocycles. The van der Waals surface area contributed by atoms with Gasteiger partial charge >= 0.3 is 0 Å². The Morgan fingerprint density at radius 1 is 1.12 bits per heavy atom. The number of carbonyl (C=O) groups excluding carboxylic acids is 1. The largest absolute Gasteiger partial charge is 0.317 e. The molecule has 25 heavy (non-hydrogen) atoms. The number of nitrogens with one attached hydrogen (secondary N) is 2. The maximum Gasteiger partial charge on any atom is 0.283 e. The summed E-state index contributed by atoms with van der Waals surface area (Å²) in [7, 11) is 0. The highest BCUT2D eigenvalue weighted by Crippen LogP contribution is 2.22. The fraction of sp³-hybridized carbons (Fsp3) is 0.105. The van der Waals surface area contributed by atoms with Crippen molar-refractivity contribution >= 4 is 22.7 Å². The Bertz CT molecular complexity index is 921. The van der Waals surface area contributed by atoms with Gasteiger partial charge in [-0.25, -0.2) is 5.10 Å². The predicted molar refractivity (Wildman–Crippen MR) is 102 cm³/mol. The number of rotatable bonds is 4. The van der Waals surface area contributed by atoms with Crippen LogP contribution in [0.5, 0.6) is 0 Å². The molecule has 2 aromatic carbocycles. The molecule has 0 fully saturated rings. The zero-order chi connectivity index (χ0) is 17.6. The summed E-state index contributed by atoms with van der Waals surface area (Å²) >= 11 is 1.23. The van der Waals surface area contributed by atoms with Crippen molar-refractivity contribution in [2.75, 3.05) is 5.32 Å². The quantitative estimate of drug-likeness (QED) is 0.738. The molecule has 3 aromatic rings. The van der Waals surface area contributed by atoms with E-state index in [2.05, 4.69) is 15.5 Å². The second-order valence-corrected chi connectivity index (χ2v) is 6.48. The Kier molecular flexibility index (Phi) is 5.30. The fourth-order valence-electron chi connectivity index (χ4n) is 2.38. The third-order valence-electron chi connectivity index (χ3n) is 3.62. The number of amides is 1. The predicted octanol–water partition coefficient (Wildman–Crippen LogP) is 4.21. The Morgan fingerprint density at radius 3 is 2.52 bits per heavy atom. The first-order chi connectivity index (χ1) is 12.1. The van der Waals surface area contributed by atoms with Crippen LogP contribution in [0.15, 0.2) is 65.5 Å². The lowest BCUT2D eigenvalue weighted by Gasteiger charge is -2.07. The van der Waals surface area contributed by atoms with Crippen LogP contribution in [0.2, 0.25) is 0 Å². The lowest BCUT2D eigenvalue weighted by atomic mass is 10.1. The molecule has 0 spiro atoms. The molecule has 0 unspecified atom stereocenters. The smallest absolute Gasteiger partial charge is 0.283 e. The van der Waals surface area contributed by atoms with E-state index in [1.165, 1.54) is 17.8 Å². The Morgan fingerprint density at radius 2 is 1.84 bits per heavy atom. The van der Waals surface area contributed by atoms with E-state index < -0.39 is 0 Å². The number of hydrogen-bond donors (Lipinski definition) is 2. The molecular formula is C19H17N3O2S. The van der Waals surface area contributed by atoms with Crippen molar-refractivity contribution < 1.29 is 4.79 Å². The van der Waals surface area contributed by atoms with Crippen LogP contribution >= 0.6 is 11.8 Å². The number of benzene rings is 2. The number of anilines is 1. The monoisotopic (exact) mass is 351 g/mol. The van der Waals surface area contributed by atoms with Crippen molar-refractivity contribution in [1.82, 2.24) is 10.2 Å². The topological polar surface area (TPSA) is 74.8 Å². The standard InChI is InChI=1S/C19H17N3O2S/c1-13-11-17(23)21-22-18(13)15-7-9-16(10-8-15)20-19(24)25-12-14-5-3-2-4-6-14/h2-11H,12H2,1H3,(H,20,24)(H,21,23). The zero-order valence-electron chi connectivity index (χ0n) is 13.7. The molecule has 3 rings (SSSR count). The van der Waals surface area contributed by atoms with Gasteiger partial charge in [0.1, 0.15) is 0 Å². The molecule has 0 radical (unpaired) electrons. The van der Waals surface area contributed by atoms with Crippen molar-refractivity contribution in [2.45, 2.75) is 12.7 Å². The molecule has 2 N–H and O–H groups in total. The summed E-state index contributed by atoms with van der Waals surface area (Å²) in [6, 6.07) is 18.7. The van der Waals surface area contributed by atoms with E-state index in [1.54, 1.807) is 0 Å². The fourth-order valence-corrected chi connectivity index (χ4v) is 3.06. The third kappa shape index (κ3) is 4.58. The van der Waals surface area contributed by atoms with Gasteiger partial charge in [-0.3, -0.25) is 9.59 Å². The molecule has 5 nitrogen and oxygen atoms in total. The van der Waals surface area contributed by atoms with Crippen LogP contribution in [0.25, 0.3) is 11.3 Å². The van der Waals surface area contributed by atoms with Gasteiger partial charge in [0.15, 0.2) is 0 Å². The molecule has 0 saturated carbocycles. The van der Waals surface area contributed by atoms with Gasteiger partial charge < -0.3 is 5.32 Å². The number of aryl methyl sites for hydroxylation is 1. The van der Waals surface area contributed by atoms with Crippen LogP contribution in [0.1, 0.15) is 11.1 Å². The van der Waals surface area contributed by atoms with Gasteiger partial charge in [-0.2, -0.15) is 5.10 Å². The lowest BCUT2D eigenvalue weighted by molar-refractivity contribution is 0.269. The average molecular weight is 351 g/mol. The highest BCUT2D eigenvalue weighted by molar-refractivity contribution is 8.13. The van der Waals surface area contributed by atoms with Crippen molar-refractivity contribution in [3.8, 4) is 11.3 Å². The summed E-state index contributed by atoms with van der Waals surface area (Å²) in [6.07, 6.45) is 0.